The van der Waals surface area contributed by atoms with Gasteiger partial charge in [-0.1, -0.05) is 51.4 Å². The molecule has 0 saturated heterocycles. The Balaban J connectivity index is 1.59. The Morgan fingerprint density at radius 2 is 2.03 bits per heavy atom. The molecule has 12 heteroatoms. The molecule has 0 fully saturated rings. The van der Waals surface area contributed by atoms with E-state index >= 15 is 0 Å². The maximum Gasteiger partial charge on any atom is 0.264 e. The van der Waals surface area contributed by atoms with Gasteiger partial charge in [0, 0.05) is 9.50 Å². The summed E-state index contributed by atoms with van der Waals surface area (Å²) < 4.78 is 7.44. The van der Waals surface area contributed by atoms with Crippen LogP contribution in [0.1, 0.15) is 12.5 Å². The highest BCUT2D eigenvalue weighted by Gasteiger charge is 2.14. The van der Waals surface area contributed by atoms with Crippen molar-refractivity contribution >= 4 is 62.5 Å². The lowest BCUT2D eigenvalue weighted by atomic mass is 10.1. The lowest BCUT2D eigenvalue weighted by Crippen LogP contribution is -2.17. The van der Waals surface area contributed by atoms with Gasteiger partial charge in [0.05, 0.1) is 24.3 Å². The zero-order valence-electron chi connectivity index (χ0n) is 16.6. The Labute approximate surface area is 196 Å². The molecule has 0 saturated carbocycles. The number of carbonyl (C=O) groups is 1. The van der Waals surface area contributed by atoms with E-state index in [2.05, 4.69) is 42.0 Å². The maximum atomic E-state index is 12.3. The number of methoxy groups -OCH3 is 1. The average molecular weight is 525 g/mol. The van der Waals surface area contributed by atoms with Crippen LogP contribution in [-0.4, -0.2) is 39.4 Å². The van der Waals surface area contributed by atoms with Crippen LogP contribution in [0.25, 0.3) is 0 Å². The summed E-state index contributed by atoms with van der Waals surface area (Å²) in [5, 5.41) is 15.8. The van der Waals surface area contributed by atoms with Crippen LogP contribution >= 0.6 is 39.3 Å². The van der Waals surface area contributed by atoms with Crippen LogP contribution in [0.15, 0.2) is 57.2 Å². The third-order valence-electron chi connectivity index (χ3n) is 4.02. The van der Waals surface area contributed by atoms with Crippen molar-refractivity contribution in [1.29, 1.82) is 0 Å². The topological polar surface area (TPSA) is 119 Å². The zero-order chi connectivity index (χ0) is 22.4. The number of rotatable bonds is 8. The Morgan fingerprint density at radius 1 is 1.29 bits per heavy atom. The molecule has 162 valence electrons. The van der Waals surface area contributed by atoms with Gasteiger partial charge in [0.2, 0.25) is 11.1 Å². The SMILES string of the molecule is COc1ccc(Cl)cc1NC(=O)CSc1nnc(N/N=C(\C)c2ccc(Br)cc2)n1N. The van der Waals surface area contributed by atoms with Crippen LogP contribution in [0.4, 0.5) is 11.6 Å². The zero-order valence-corrected chi connectivity index (χ0v) is 19.8. The van der Waals surface area contributed by atoms with E-state index in [1.165, 1.54) is 11.8 Å². The van der Waals surface area contributed by atoms with E-state index in [1.807, 2.05) is 31.2 Å². The minimum Gasteiger partial charge on any atom is -0.495 e. The number of thioether (sulfide) groups is 1. The number of amides is 1. The molecule has 0 aliphatic rings. The summed E-state index contributed by atoms with van der Waals surface area (Å²) in [4.78, 5) is 12.3. The van der Waals surface area contributed by atoms with Crippen LogP contribution in [-0.2, 0) is 4.79 Å². The lowest BCUT2D eigenvalue weighted by molar-refractivity contribution is -0.113. The number of hydrogen-bond acceptors (Lipinski definition) is 8. The molecule has 0 spiro atoms. The van der Waals surface area contributed by atoms with Crippen LogP contribution in [0.2, 0.25) is 5.02 Å². The summed E-state index contributed by atoms with van der Waals surface area (Å²) >= 11 is 10.5. The van der Waals surface area contributed by atoms with Gasteiger partial charge in [0.25, 0.3) is 5.95 Å². The van der Waals surface area contributed by atoms with Gasteiger partial charge < -0.3 is 15.9 Å². The molecule has 9 nitrogen and oxygen atoms in total. The van der Waals surface area contributed by atoms with Gasteiger partial charge in [0.15, 0.2) is 0 Å². The Morgan fingerprint density at radius 3 is 2.74 bits per heavy atom. The number of carbonyl (C=O) groups excluding carboxylic acids is 1. The molecule has 3 rings (SSSR count). The fourth-order valence-electron chi connectivity index (χ4n) is 2.44. The fourth-order valence-corrected chi connectivity index (χ4v) is 3.53. The highest BCUT2D eigenvalue weighted by atomic mass is 79.9. The standard InChI is InChI=1S/C19H19BrClN7O2S/c1-11(12-3-5-13(20)6-4-12)24-25-18-26-27-19(28(18)22)31-10-17(29)23-15-9-14(21)7-8-16(15)30-2/h3-9H,10,22H2,1-2H3,(H,23,29)(H,25,26)/b24-11+. The van der Waals surface area contributed by atoms with Crippen LogP contribution in [0, 0.1) is 0 Å². The number of nitrogens with one attached hydrogen (secondary N) is 2. The van der Waals surface area contributed by atoms with E-state index in [9.17, 15) is 4.79 Å². The molecule has 0 radical (unpaired) electrons. The van der Waals surface area contributed by atoms with Gasteiger partial charge in [-0.05, 0) is 42.8 Å². The summed E-state index contributed by atoms with van der Waals surface area (Å²) in [5.74, 6) is 6.56. The molecule has 31 heavy (non-hydrogen) atoms. The number of aromatic nitrogens is 3. The van der Waals surface area contributed by atoms with Crippen molar-refractivity contribution in [1.82, 2.24) is 14.9 Å². The van der Waals surface area contributed by atoms with E-state index in [0.717, 1.165) is 27.5 Å². The number of hydrogen-bond donors (Lipinski definition) is 3. The molecule has 0 unspecified atom stereocenters. The quantitative estimate of drug-likeness (QED) is 0.176. The number of ether oxygens (including phenoxy) is 1. The average Bonchev–Trinajstić information content (AvgIpc) is 3.10. The first-order valence-electron chi connectivity index (χ1n) is 8.90. The van der Waals surface area contributed by atoms with Crippen molar-refractivity contribution < 1.29 is 9.53 Å². The second-order valence-electron chi connectivity index (χ2n) is 6.17. The van der Waals surface area contributed by atoms with Gasteiger partial charge in [-0.25, -0.2) is 10.1 Å². The number of hydrazone groups is 1. The van der Waals surface area contributed by atoms with Gasteiger partial charge in [-0.2, -0.15) is 5.10 Å². The predicted octanol–water partition coefficient (Wildman–Crippen LogP) is 3.98. The van der Waals surface area contributed by atoms with Gasteiger partial charge in [-0.15, -0.1) is 10.2 Å². The third-order valence-corrected chi connectivity index (χ3v) is 5.72. The van der Waals surface area contributed by atoms with Crippen LogP contribution < -0.4 is 21.3 Å². The summed E-state index contributed by atoms with van der Waals surface area (Å²) in [6.45, 7) is 1.86. The molecule has 0 atom stereocenters. The highest BCUT2D eigenvalue weighted by molar-refractivity contribution is 9.10. The van der Waals surface area contributed by atoms with Gasteiger partial charge in [-0.3, -0.25) is 4.79 Å². The molecule has 4 N–H and O–H groups in total. The molecular formula is C19H19BrClN7O2S. The van der Waals surface area contributed by atoms with E-state index in [0.29, 0.717) is 21.6 Å². The van der Waals surface area contributed by atoms with E-state index in [1.54, 1.807) is 18.2 Å². The predicted molar refractivity (Wildman–Crippen MR) is 128 cm³/mol. The molecule has 0 aliphatic carbocycles. The number of benzene rings is 2. The number of anilines is 2. The molecule has 1 amide bonds. The second kappa shape index (κ2) is 10.5. The first-order valence-corrected chi connectivity index (χ1v) is 11.1. The Kier molecular flexibility index (Phi) is 7.77. The van der Waals surface area contributed by atoms with Crippen LogP contribution in [0.3, 0.4) is 0 Å². The number of halogens is 2. The number of nitrogens with zero attached hydrogens (tertiary/aromatic N) is 4. The summed E-state index contributed by atoms with van der Waals surface area (Å²) in [5.41, 5.74) is 4.97. The molecule has 2 aromatic carbocycles. The molecule has 1 heterocycles. The van der Waals surface area contributed by atoms with E-state index in [-0.39, 0.29) is 17.6 Å². The van der Waals surface area contributed by atoms with Crippen molar-refractivity contribution in [2.24, 2.45) is 5.10 Å². The number of nitrogens with two attached hydrogens (primary N) is 1. The van der Waals surface area contributed by atoms with E-state index in [4.69, 9.17) is 22.2 Å². The first kappa shape index (κ1) is 22.9. The van der Waals surface area contributed by atoms with Crippen LogP contribution in [0.5, 0.6) is 5.75 Å². The largest absolute Gasteiger partial charge is 0.495 e. The van der Waals surface area contributed by atoms with Crippen molar-refractivity contribution in [3.8, 4) is 5.75 Å². The minimum atomic E-state index is -0.271. The lowest BCUT2D eigenvalue weighted by Gasteiger charge is -2.10. The number of nitrogen functional groups attached to an aromatic ring is 1. The van der Waals surface area contributed by atoms with Gasteiger partial charge >= 0.3 is 0 Å². The van der Waals surface area contributed by atoms with E-state index < -0.39 is 0 Å². The summed E-state index contributed by atoms with van der Waals surface area (Å²) in [6.07, 6.45) is 0. The molecule has 0 aliphatic heterocycles. The second-order valence-corrected chi connectivity index (χ2v) is 8.47. The molecule has 1 aromatic heterocycles. The normalized spacial score (nSPS) is 11.3. The van der Waals surface area contributed by atoms with Gasteiger partial charge in [0.1, 0.15) is 5.75 Å². The van der Waals surface area contributed by atoms with Crippen molar-refractivity contribution in [3.63, 3.8) is 0 Å². The molecule has 3 aromatic rings. The Hall–Kier alpha value is -2.76. The fraction of sp³-hybridized carbons (Fsp3) is 0.158. The maximum absolute atomic E-state index is 12.3. The molecule has 0 bridgehead atoms. The highest BCUT2D eigenvalue weighted by Crippen LogP contribution is 2.28. The summed E-state index contributed by atoms with van der Waals surface area (Å²) in [7, 11) is 1.51. The van der Waals surface area contributed by atoms with Crippen molar-refractivity contribution in [2.75, 3.05) is 29.4 Å². The molecular weight excluding hydrogens is 506 g/mol. The minimum absolute atomic E-state index is 0.0617. The Bertz CT molecular complexity index is 1110. The van der Waals surface area contributed by atoms with Crippen molar-refractivity contribution in [3.05, 3.63) is 57.5 Å². The monoisotopic (exact) mass is 523 g/mol. The van der Waals surface area contributed by atoms with Crippen molar-refractivity contribution in [2.45, 2.75) is 12.1 Å². The smallest absolute Gasteiger partial charge is 0.264 e. The first-order chi connectivity index (χ1) is 14.9. The summed E-state index contributed by atoms with van der Waals surface area (Å²) in [6, 6.07) is 12.7. The third kappa shape index (κ3) is 6.12.